The number of halogens is 1. The predicted octanol–water partition coefficient (Wildman–Crippen LogP) is 1.72. The molecule has 0 saturated heterocycles. The van der Waals surface area contributed by atoms with Gasteiger partial charge in [-0.3, -0.25) is 14.6 Å². The third kappa shape index (κ3) is 6.74. The van der Waals surface area contributed by atoms with Crippen LogP contribution in [-0.2, 0) is 16.1 Å². The van der Waals surface area contributed by atoms with Gasteiger partial charge >= 0.3 is 0 Å². The molecule has 0 bridgehead atoms. The van der Waals surface area contributed by atoms with Crippen molar-refractivity contribution in [3.63, 3.8) is 0 Å². The van der Waals surface area contributed by atoms with E-state index >= 15 is 0 Å². The van der Waals surface area contributed by atoms with Crippen LogP contribution in [0.25, 0.3) is 0 Å². The Morgan fingerprint density at radius 1 is 1.15 bits per heavy atom. The highest BCUT2D eigenvalue weighted by atomic mass is 19.1. The van der Waals surface area contributed by atoms with Crippen molar-refractivity contribution < 1.29 is 18.7 Å². The Hall–Kier alpha value is -2.87. The van der Waals surface area contributed by atoms with Gasteiger partial charge in [0.1, 0.15) is 11.5 Å². The minimum absolute atomic E-state index is 0.135. The molecule has 0 atom stereocenters. The van der Waals surface area contributed by atoms with E-state index in [0.29, 0.717) is 19.7 Å². The van der Waals surface area contributed by atoms with Crippen molar-refractivity contribution in [3.05, 3.63) is 59.4 Å². The van der Waals surface area contributed by atoms with Gasteiger partial charge in [0.15, 0.2) is 0 Å². The standard InChI is InChI=1S/C19H23FN4O3/c1-14-11-22-17(13-21-14)19(26)24(9-10-27-2)8-7-18(25)23-12-15-3-5-16(20)6-4-15/h3-6,11,13H,7-10,12H2,1-2H3,(H,23,25). The van der Waals surface area contributed by atoms with E-state index in [1.165, 1.54) is 29.4 Å². The van der Waals surface area contributed by atoms with Gasteiger partial charge in [-0.25, -0.2) is 9.37 Å². The Labute approximate surface area is 157 Å². The number of aromatic nitrogens is 2. The van der Waals surface area contributed by atoms with E-state index in [2.05, 4.69) is 15.3 Å². The lowest BCUT2D eigenvalue weighted by atomic mass is 10.2. The number of aryl methyl sites for hydroxylation is 1. The van der Waals surface area contributed by atoms with E-state index in [-0.39, 0.29) is 36.3 Å². The fraction of sp³-hybridized carbons (Fsp3) is 0.368. The molecule has 144 valence electrons. The smallest absolute Gasteiger partial charge is 0.274 e. The maximum absolute atomic E-state index is 12.9. The molecule has 0 saturated carbocycles. The van der Waals surface area contributed by atoms with Crippen molar-refractivity contribution in [2.24, 2.45) is 0 Å². The molecule has 0 aliphatic rings. The van der Waals surface area contributed by atoms with Gasteiger partial charge in [-0.1, -0.05) is 12.1 Å². The first-order chi connectivity index (χ1) is 13.0. The summed E-state index contributed by atoms with van der Waals surface area (Å²) in [5, 5.41) is 2.76. The van der Waals surface area contributed by atoms with Gasteiger partial charge in [-0.05, 0) is 24.6 Å². The number of nitrogens with zero attached hydrogens (tertiary/aromatic N) is 3. The molecule has 2 amide bonds. The molecule has 1 heterocycles. The summed E-state index contributed by atoms with van der Waals surface area (Å²) in [6.45, 7) is 3.01. The lowest BCUT2D eigenvalue weighted by Crippen LogP contribution is -2.37. The van der Waals surface area contributed by atoms with Crippen LogP contribution in [-0.4, -0.2) is 53.5 Å². The number of nitrogens with one attached hydrogen (secondary N) is 1. The first kappa shape index (κ1) is 20.4. The maximum Gasteiger partial charge on any atom is 0.274 e. The third-order valence-corrected chi connectivity index (χ3v) is 3.86. The zero-order valence-electron chi connectivity index (χ0n) is 15.4. The van der Waals surface area contributed by atoms with Crippen LogP contribution in [0.3, 0.4) is 0 Å². The molecule has 27 heavy (non-hydrogen) atoms. The summed E-state index contributed by atoms with van der Waals surface area (Å²) in [6.07, 6.45) is 3.08. The normalized spacial score (nSPS) is 10.5. The summed E-state index contributed by atoms with van der Waals surface area (Å²) >= 11 is 0. The number of rotatable bonds is 9. The highest BCUT2D eigenvalue weighted by Crippen LogP contribution is 2.04. The van der Waals surface area contributed by atoms with Crippen molar-refractivity contribution in [2.75, 3.05) is 26.8 Å². The van der Waals surface area contributed by atoms with Gasteiger partial charge in [-0.15, -0.1) is 0 Å². The van der Waals surface area contributed by atoms with E-state index in [1.54, 1.807) is 26.2 Å². The van der Waals surface area contributed by atoms with Crippen LogP contribution in [0, 0.1) is 12.7 Å². The molecule has 0 spiro atoms. The van der Waals surface area contributed by atoms with E-state index in [0.717, 1.165) is 11.3 Å². The Bertz CT molecular complexity index is 751. The number of amides is 2. The monoisotopic (exact) mass is 374 g/mol. The second-order valence-electron chi connectivity index (χ2n) is 5.98. The molecule has 0 aliphatic heterocycles. The third-order valence-electron chi connectivity index (χ3n) is 3.86. The molecule has 2 rings (SSSR count). The number of methoxy groups -OCH3 is 1. The predicted molar refractivity (Wildman–Crippen MR) is 97.4 cm³/mol. The molecular formula is C19H23FN4O3. The summed E-state index contributed by atoms with van der Waals surface area (Å²) in [4.78, 5) is 34.4. The summed E-state index contributed by atoms with van der Waals surface area (Å²) in [7, 11) is 1.55. The molecule has 2 aromatic rings. The van der Waals surface area contributed by atoms with Gasteiger partial charge in [0.05, 0.1) is 18.5 Å². The summed E-state index contributed by atoms with van der Waals surface area (Å²) in [5.41, 5.74) is 1.74. The zero-order chi connectivity index (χ0) is 19.6. The van der Waals surface area contributed by atoms with Crippen molar-refractivity contribution in [1.82, 2.24) is 20.2 Å². The Morgan fingerprint density at radius 3 is 2.52 bits per heavy atom. The minimum Gasteiger partial charge on any atom is -0.383 e. The topological polar surface area (TPSA) is 84.4 Å². The lowest BCUT2D eigenvalue weighted by Gasteiger charge is -2.21. The van der Waals surface area contributed by atoms with Crippen LogP contribution >= 0.6 is 0 Å². The van der Waals surface area contributed by atoms with Crippen molar-refractivity contribution >= 4 is 11.8 Å². The molecule has 7 nitrogen and oxygen atoms in total. The van der Waals surface area contributed by atoms with Crippen molar-refractivity contribution in [1.29, 1.82) is 0 Å². The van der Waals surface area contributed by atoms with Gasteiger partial charge in [0, 0.05) is 39.4 Å². The highest BCUT2D eigenvalue weighted by Gasteiger charge is 2.18. The molecule has 0 unspecified atom stereocenters. The van der Waals surface area contributed by atoms with Crippen LogP contribution in [0.15, 0.2) is 36.7 Å². The number of benzene rings is 1. The highest BCUT2D eigenvalue weighted by molar-refractivity contribution is 5.92. The molecular weight excluding hydrogens is 351 g/mol. The lowest BCUT2D eigenvalue weighted by molar-refractivity contribution is -0.121. The van der Waals surface area contributed by atoms with E-state index in [9.17, 15) is 14.0 Å². The van der Waals surface area contributed by atoms with Crippen LogP contribution in [0.4, 0.5) is 4.39 Å². The Kier molecular flexibility index (Phi) is 7.81. The second-order valence-corrected chi connectivity index (χ2v) is 5.98. The van der Waals surface area contributed by atoms with Crippen LogP contribution in [0.5, 0.6) is 0 Å². The molecule has 0 radical (unpaired) electrons. The molecule has 1 aromatic carbocycles. The van der Waals surface area contributed by atoms with Crippen LogP contribution in [0.1, 0.15) is 28.2 Å². The molecule has 0 aliphatic carbocycles. The maximum atomic E-state index is 12.9. The number of hydrogen-bond donors (Lipinski definition) is 1. The average molecular weight is 374 g/mol. The van der Waals surface area contributed by atoms with Crippen molar-refractivity contribution in [3.8, 4) is 0 Å². The Balaban J connectivity index is 1.88. The molecule has 1 aromatic heterocycles. The largest absolute Gasteiger partial charge is 0.383 e. The molecule has 8 heteroatoms. The van der Waals surface area contributed by atoms with E-state index in [1.807, 2.05) is 0 Å². The average Bonchev–Trinajstić information content (AvgIpc) is 2.67. The van der Waals surface area contributed by atoms with Crippen molar-refractivity contribution in [2.45, 2.75) is 19.9 Å². The van der Waals surface area contributed by atoms with E-state index < -0.39 is 0 Å². The van der Waals surface area contributed by atoms with Gasteiger partial charge in [-0.2, -0.15) is 0 Å². The van der Waals surface area contributed by atoms with Gasteiger partial charge in [0.25, 0.3) is 5.91 Å². The summed E-state index contributed by atoms with van der Waals surface area (Å²) in [5.74, 6) is -0.827. The number of hydrogen-bond acceptors (Lipinski definition) is 5. The number of ether oxygens (including phenoxy) is 1. The summed E-state index contributed by atoms with van der Waals surface area (Å²) < 4.78 is 17.9. The first-order valence-corrected chi connectivity index (χ1v) is 8.57. The van der Waals surface area contributed by atoms with Crippen LogP contribution < -0.4 is 5.32 Å². The summed E-state index contributed by atoms with van der Waals surface area (Å²) in [6, 6.07) is 5.91. The quantitative estimate of drug-likeness (QED) is 0.722. The van der Waals surface area contributed by atoms with Gasteiger partial charge in [0.2, 0.25) is 5.91 Å². The Morgan fingerprint density at radius 2 is 1.89 bits per heavy atom. The second kappa shape index (κ2) is 10.3. The minimum atomic E-state index is -0.323. The molecule has 1 N–H and O–H groups in total. The fourth-order valence-electron chi connectivity index (χ4n) is 2.31. The molecule has 0 fully saturated rings. The SMILES string of the molecule is COCCN(CCC(=O)NCc1ccc(F)cc1)C(=O)c1cnc(C)cn1. The first-order valence-electron chi connectivity index (χ1n) is 8.57. The number of carbonyl (C=O) groups is 2. The van der Waals surface area contributed by atoms with Crippen LogP contribution in [0.2, 0.25) is 0 Å². The fourth-order valence-corrected chi connectivity index (χ4v) is 2.31. The number of carbonyl (C=O) groups excluding carboxylic acids is 2. The zero-order valence-corrected chi connectivity index (χ0v) is 15.4. The van der Waals surface area contributed by atoms with E-state index in [4.69, 9.17) is 4.74 Å². The van der Waals surface area contributed by atoms with Gasteiger partial charge < -0.3 is 15.0 Å².